The number of morpholine rings is 1. The molecule has 1 aliphatic heterocycles. The van der Waals surface area contributed by atoms with Gasteiger partial charge in [-0.1, -0.05) is 23.4 Å². The summed E-state index contributed by atoms with van der Waals surface area (Å²) in [5.74, 6) is -0.113. The van der Waals surface area contributed by atoms with Crippen molar-refractivity contribution in [3.8, 4) is 5.69 Å². The van der Waals surface area contributed by atoms with E-state index in [1.165, 1.54) is 0 Å². The van der Waals surface area contributed by atoms with Gasteiger partial charge in [0.15, 0.2) is 0 Å². The second-order valence-electron chi connectivity index (χ2n) is 5.78. The Hall–Kier alpha value is -2.25. The van der Waals surface area contributed by atoms with Gasteiger partial charge < -0.3 is 15.0 Å². The Morgan fingerprint density at radius 1 is 1.39 bits per heavy atom. The number of nitrogens with zero attached hydrogens (tertiary/aromatic N) is 4. The monoisotopic (exact) mass is 315 g/mol. The Morgan fingerprint density at radius 3 is 2.91 bits per heavy atom. The summed E-state index contributed by atoms with van der Waals surface area (Å²) in [7, 11) is 1.98. The molecular formula is C16H21N5O2. The van der Waals surface area contributed by atoms with Gasteiger partial charge >= 0.3 is 0 Å². The minimum absolute atomic E-state index is 0.113. The molecule has 23 heavy (non-hydrogen) atoms. The van der Waals surface area contributed by atoms with E-state index < -0.39 is 6.10 Å². The number of hydrogen-bond donors (Lipinski definition) is 1. The van der Waals surface area contributed by atoms with E-state index in [0.717, 1.165) is 12.2 Å². The van der Waals surface area contributed by atoms with E-state index in [1.54, 1.807) is 4.68 Å². The highest BCUT2D eigenvalue weighted by Crippen LogP contribution is 2.13. The molecule has 3 rings (SSSR count). The number of carbonyl (C=O) groups excluding carboxylic acids is 1. The van der Waals surface area contributed by atoms with Crippen LogP contribution in [0.25, 0.3) is 5.69 Å². The van der Waals surface area contributed by atoms with Gasteiger partial charge in [0.2, 0.25) is 0 Å². The fourth-order valence-electron chi connectivity index (χ4n) is 2.50. The molecular weight excluding hydrogens is 294 g/mol. The molecule has 0 saturated carbocycles. The first kappa shape index (κ1) is 15.6. The van der Waals surface area contributed by atoms with Crippen LogP contribution in [-0.2, 0) is 9.53 Å². The number of aromatic nitrogens is 3. The van der Waals surface area contributed by atoms with Gasteiger partial charge in [-0.3, -0.25) is 4.79 Å². The van der Waals surface area contributed by atoms with Gasteiger partial charge in [0.25, 0.3) is 5.91 Å². The van der Waals surface area contributed by atoms with Crippen LogP contribution >= 0.6 is 0 Å². The van der Waals surface area contributed by atoms with Crippen LogP contribution in [-0.4, -0.2) is 58.6 Å². The van der Waals surface area contributed by atoms with Gasteiger partial charge in [0, 0.05) is 13.1 Å². The molecule has 7 nitrogen and oxygen atoms in total. The van der Waals surface area contributed by atoms with Crippen molar-refractivity contribution in [1.29, 1.82) is 0 Å². The first-order chi connectivity index (χ1) is 11.1. The van der Waals surface area contributed by atoms with Gasteiger partial charge in [-0.15, -0.1) is 5.10 Å². The van der Waals surface area contributed by atoms with E-state index in [0.29, 0.717) is 18.8 Å². The van der Waals surface area contributed by atoms with Crippen LogP contribution in [0.2, 0.25) is 0 Å². The molecule has 0 spiro atoms. The number of likely N-dealkylation sites (N-methyl/N-ethyl adjacent to an activating group) is 1. The van der Waals surface area contributed by atoms with E-state index in [9.17, 15) is 4.79 Å². The van der Waals surface area contributed by atoms with Crippen molar-refractivity contribution >= 4 is 5.91 Å². The maximum absolute atomic E-state index is 12.3. The number of ether oxygens (including phenoxy) is 1. The van der Waals surface area contributed by atoms with Gasteiger partial charge in [-0.25, -0.2) is 4.68 Å². The number of nitrogens with one attached hydrogen (secondary N) is 1. The lowest BCUT2D eigenvalue weighted by Gasteiger charge is -2.29. The third kappa shape index (κ3) is 3.75. The standard InChI is InChI=1S/C16H21N5O2/c1-12(17-16(22)15-11-20(2)8-9-23-15)14-10-21(19-18-14)13-6-4-3-5-7-13/h3-7,10,12,15H,8-9,11H2,1-2H3,(H,17,22). The molecule has 1 amide bonds. The van der Waals surface area contributed by atoms with E-state index in [2.05, 4.69) is 20.5 Å². The zero-order valence-corrected chi connectivity index (χ0v) is 13.3. The molecule has 1 fully saturated rings. The summed E-state index contributed by atoms with van der Waals surface area (Å²) in [6.45, 7) is 3.93. The molecule has 2 atom stereocenters. The minimum Gasteiger partial charge on any atom is -0.366 e. The average molecular weight is 315 g/mol. The van der Waals surface area contributed by atoms with Crippen molar-refractivity contribution in [1.82, 2.24) is 25.2 Å². The third-order valence-electron chi connectivity index (χ3n) is 3.90. The smallest absolute Gasteiger partial charge is 0.250 e. The zero-order chi connectivity index (χ0) is 16.2. The summed E-state index contributed by atoms with van der Waals surface area (Å²) >= 11 is 0. The van der Waals surface area contributed by atoms with Crippen molar-refractivity contribution < 1.29 is 9.53 Å². The number of hydrogen-bond acceptors (Lipinski definition) is 5. The highest BCUT2D eigenvalue weighted by Gasteiger charge is 2.26. The fourth-order valence-corrected chi connectivity index (χ4v) is 2.50. The molecule has 122 valence electrons. The number of para-hydroxylation sites is 1. The molecule has 1 aromatic heterocycles. The van der Waals surface area contributed by atoms with Crippen LogP contribution < -0.4 is 5.32 Å². The molecule has 2 heterocycles. The molecule has 0 radical (unpaired) electrons. The Kier molecular flexibility index (Phi) is 4.68. The van der Waals surface area contributed by atoms with Crippen molar-refractivity contribution in [3.63, 3.8) is 0 Å². The first-order valence-corrected chi connectivity index (χ1v) is 7.71. The fraction of sp³-hybridized carbons (Fsp3) is 0.438. The van der Waals surface area contributed by atoms with Crippen LogP contribution in [0.5, 0.6) is 0 Å². The molecule has 1 saturated heterocycles. The topological polar surface area (TPSA) is 72.3 Å². The van der Waals surface area contributed by atoms with Crippen molar-refractivity contribution in [2.24, 2.45) is 0 Å². The number of carbonyl (C=O) groups is 1. The molecule has 0 bridgehead atoms. The Bertz CT molecular complexity index is 658. The van der Waals surface area contributed by atoms with Gasteiger partial charge in [0.05, 0.1) is 24.5 Å². The average Bonchev–Trinajstić information content (AvgIpc) is 3.06. The zero-order valence-electron chi connectivity index (χ0n) is 13.3. The summed E-state index contributed by atoms with van der Waals surface area (Å²) in [4.78, 5) is 14.4. The maximum atomic E-state index is 12.3. The quantitative estimate of drug-likeness (QED) is 0.902. The van der Waals surface area contributed by atoms with E-state index >= 15 is 0 Å². The molecule has 2 aromatic rings. The van der Waals surface area contributed by atoms with Crippen molar-refractivity contribution in [2.45, 2.75) is 19.1 Å². The summed E-state index contributed by atoms with van der Waals surface area (Å²) < 4.78 is 7.22. The lowest BCUT2D eigenvalue weighted by Crippen LogP contribution is -2.48. The van der Waals surface area contributed by atoms with Crippen LogP contribution in [0.3, 0.4) is 0 Å². The van der Waals surface area contributed by atoms with Crippen LogP contribution in [0.15, 0.2) is 36.5 Å². The number of rotatable bonds is 4. The molecule has 1 N–H and O–H groups in total. The Balaban J connectivity index is 1.63. The Labute approximate surface area is 135 Å². The molecule has 1 aromatic carbocycles. The van der Waals surface area contributed by atoms with Gasteiger partial charge in [0.1, 0.15) is 11.8 Å². The van der Waals surface area contributed by atoms with Crippen molar-refractivity contribution in [3.05, 3.63) is 42.2 Å². The highest BCUT2D eigenvalue weighted by molar-refractivity contribution is 5.81. The van der Waals surface area contributed by atoms with Gasteiger partial charge in [-0.2, -0.15) is 0 Å². The second kappa shape index (κ2) is 6.89. The summed E-state index contributed by atoms with van der Waals surface area (Å²) in [5, 5.41) is 11.2. The molecule has 0 aliphatic carbocycles. The lowest BCUT2D eigenvalue weighted by molar-refractivity contribution is -0.138. The highest BCUT2D eigenvalue weighted by atomic mass is 16.5. The normalized spacial score (nSPS) is 20.2. The predicted molar refractivity (Wildman–Crippen MR) is 85.2 cm³/mol. The predicted octanol–water partition coefficient (Wildman–Crippen LogP) is 0.775. The van der Waals surface area contributed by atoms with Crippen LogP contribution in [0.1, 0.15) is 18.7 Å². The van der Waals surface area contributed by atoms with E-state index in [4.69, 9.17) is 4.74 Å². The molecule has 2 unspecified atom stereocenters. The first-order valence-electron chi connectivity index (χ1n) is 7.71. The molecule has 7 heteroatoms. The Morgan fingerprint density at radius 2 is 2.17 bits per heavy atom. The molecule has 1 aliphatic rings. The lowest BCUT2D eigenvalue weighted by atomic mass is 10.2. The second-order valence-corrected chi connectivity index (χ2v) is 5.78. The largest absolute Gasteiger partial charge is 0.366 e. The van der Waals surface area contributed by atoms with Crippen LogP contribution in [0.4, 0.5) is 0 Å². The number of benzene rings is 1. The van der Waals surface area contributed by atoms with E-state index in [-0.39, 0.29) is 11.9 Å². The SMILES string of the molecule is CC(NC(=O)C1CN(C)CCO1)c1cn(-c2ccccc2)nn1. The van der Waals surface area contributed by atoms with E-state index in [1.807, 2.05) is 50.5 Å². The van der Waals surface area contributed by atoms with Gasteiger partial charge in [-0.05, 0) is 26.1 Å². The third-order valence-corrected chi connectivity index (χ3v) is 3.90. The summed E-state index contributed by atoms with van der Waals surface area (Å²) in [5.41, 5.74) is 1.65. The van der Waals surface area contributed by atoms with Crippen LogP contribution in [0, 0.1) is 0 Å². The minimum atomic E-state index is -0.430. The maximum Gasteiger partial charge on any atom is 0.250 e. The van der Waals surface area contributed by atoms with Crippen molar-refractivity contribution in [2.75, 3.05) is 26.7 Å². The number of amides is 1. The summed E-state index contributed by atoms with van der Waals surface area (Å²) in [6, 6.07) is 9.51. The summed E-state index contributed by atoms with van der Waals surface area (Å²) in [6.07, 6.45) is 1.40.